The minimum atomic E-state index is 0.885. The van der Waals surface area contributed by atoms with E-state index in [0.717, 1.165) is 32.4 Å². The second-order valence-corrected chi connectivity index (χ2v) is 9.63. The van der Waals surface area contributed by atoms with Gasteiger partial charge in [-0.1, -0.05) is 78.9 Å². The fourth-order valence-corrected chi connectivity index (χ4v) is 6.00. The van der Waals surface area contributed by atoms with Crippen molar-refractivity contribution in [2.24, 2.45) is 0 Å². The van der Waals surface area contributed by atoms with Crippen molar-refractivity contribution in [3.63, 3.8) is 0 Å². The van der Waals surface area contributed by atoms with E-state index in [1.807, 2.05) is 0 Å². The van der Waals surface area contributed by atoms with Crippen molar-refractivity contribution >= 4 is 34.0 Å². The lowest BCUT2D eigenvalue weighted by atomic mass is 9.96. The normalized spacial score (nSPS) is 14.6. The van der Waals surface area contributed by atoms with E-state index >= 15 is 0 Å². The number of hydrogen-bond acceptors (Lipinski definition) is 0. The molecule has 2 aliphatic carbocycles. The lowest BCUT2D eigenvalue weighted by Crippen LogP contribution is -2.08. The highest BCUT2D eigenvalue weighted by Crippen LogP contribution is 2.34. The van der Waals surface area contributed by atoms with Gasteiger partial charge in [-0.05, 0) is 66.1 Å². The van der Waals surface area contributed by atoms with Crippen LogP contribution in [0.4, 0.5) is 0 Å². The van der Waals surface area contributed by atoms with Gasteiger partial charge in [-0.25, -0.2) is 0 Å². The fraction of sp³-hybridized carbons (Fsp3) is 0.188. The molecule has 3 aromatic carbocycles. The van der Waals surface area contributed by atoms with Crippen LogP contribution in [0, 0.1) is 0 Å². The molecule has 2 aromatic heterocycles. The first-order valence-electron chi connectivity index (χ1n) is 12.5. The van der Waals surface area contributed by atoms with Crippen LogP contribution in [0.25, 0.3) is 34.0 Å². The minimum Gasteiger partial charge on any atom is -0.340 e. The number of nitrogens with zero attached hydrogens (tertiary/aromatic N) is 2. The van der Waals surface area contributed by atoms with Crippen LogP contribution >= 0.6 is 0 Å². The Kier molecular flexibility index (Phi) is 4.58. The zero-order valence-corrected chi connectivity index (χ0v) is 19.4. The standard InChI is InChI=1S/C32H28N2/c1-5-13-29-25(9-1)26-10-2-6-14-30(26)33(29)21-23-17-19-24(20-18-23)22-34-31-15-7-3-11-27(31)28-12-4-8-16-32(28)34/h1-3,5-6,8-11,13-14,16-20H,4,7,12,15,21-22H2. The van der Waals surface area contributed by atoms with Gasteiger partial charge < -0.3 is 9.13 Å². The lowest BCUT2D eigenvalue weighted by Gasteiger charge is -2.15. The molecule has 0 bridgehead atoms. The van der Waals surface area contributed by atoms with E-state index in [4.69, 9.17) is 0 Å². The van der Waals surface area contributed by atoms with Gasteiger partial charge in [0.25, 0.3) is 0 Å². The summed E-state index contributed by atoms with van der Waals surface area (Å²) in [5, 5.41) is 2.66. The molecule has 166 valence electrons. The molecule has 2 heteroatoms. The summed E-state index contributed by atoms with van der Waals surface area (Å²) in [5.74, 6) is 0. The summed E-state index contributed by atoms with van der Waals surface area (Å²) in [6.45, 7) is 1.83. The Morgan fingerprint density at radius 3 is 1.88 bits per heavy atom. The van der Waals surface area contributed by atoms with Crippen molar-refractivity contribution in [2.75, 3.05) is 0 Å². The van der Waals surface area contributed by atoms with Crippen molar-refractivity contribution in [1.29, 1.82) is 0 Å². The second-order valence-electron chi connectivity index (χ2n) is 9.63. The van der Waals surface area contributed by atoms with Crippen LogP contribution in [-0.4, -0.2) is 9.13 Å². The number of hydrogen-bond donors (Lipinski definition) is 0. The second kappa shape index (κ2) is 7.92. The predicted octanol–water partition coefficient (Wildman–Crippen LogP) is 7.61. The van der Waals surface area contributed by atoms with Crippen LogP contribution in [0.1, 0.15) is 46.5 Å². The van der Waals surface area contributed by atoms with Crippen molar-refractivity contribution < 1.29 is 0 Å². The number of para-hydroxylation sites is 2. The van der Waals surface area contributed by atoms with Gasteiger partial charge in [-0.15, -0.1) is 0 Å². The first-order chi connectivity index (χ1) is 16.9. The quantitative estimate of drug-likeness (QED) is 0.272. The molecule has 0 spiro atoms. The SMILES string of the molecule is C1=Cc2c(c3c(n2Cc2ccc(Cn4c5ccccc5c5ccccc54)cc2)CCC=C3)CC1. The Labute approximate surface area is 200 Å². The van der Waals surface area contributed by atoms with Crippen LogP contribution in [0.2, 0.25) is 0 Å². The van der Waals surface area contributed by atoms with E-state index in [9.17, 15) is 0 Å². The predicted molar refractivity (Wildman–Crippen MR) is 143 cm³/mol. The number of rotatable bonds is 4. The Balaban J connectivity index is 1.22. The smallest absolute Gasteiger partial charge is 0.0494 e. The number of aromatic nitrogens is 2. The van der Waals surface area contributed by atoms with E-state index in [0.29, 0.717) is 0 Å². The van der Waals surface area contributed by atoms with Crippen molar-refractivity contribution in [1.82, 2.24) is 9.13 Å². The summed E-state index contributed by atoms with van der Waals surface area (Å²) in [6.07, 6.45) is 14.0. The highest BCUT2D eigenvalue weighted by molar-refractivity contribution is 6.08. The van der Waals surface area contributed by atoms with Crippen LogP contribution in [0.3, 0.4) is 0 Å². The molecular formula is C32H28N2. The van der Waals surface area contributed by atoms with Gasteiger partial charge in [0, 0.05) is 46.3 Å². The molecule has 7 rings (SSSR count). The molecule has 0 amide bonds. The summed E-state index contributed by atoms with van der Waals surface area (Å²) < 4.78 is 5.03. The maximum Gasteiger partial charge on any atom is 0.0494 e. The average Bonchev–Trinajstić information content (AvgIpc) is 3.39. The van der Waals surface area contributed by atoms with Crippen molar-refractivity contribution in [2.45, 2.75) is 38.8 Å². The monoisotopic (exact) mass is 440 g/mol. The fourth-order valence-electron chi connectivity index (χ4n) is 6.00. The number of benzene rings is 3. The molecule has 0 N–H and O–H groups in total. The first kappa shape index (κ1) is 19.7. The summed E-state index contributed by atoms with van der Waals surface area (Å²) in [6, 6.07) is 26.8. The molecule has 0 saturated carbocycles. The van der Waals surface area contributed by atoms with Gasteiger partial charge in [-0.3, -0.25) is 0 Å². The zero-order valence-electron chi connectivity index (χ0n) is 19.4. The molecule has 2 heterocycles. The van der Waals surface area contributed by atoms with E-state index in [-0.39, 0.29) is 0 Å². The molecule has 2 nitrogen and oxygen atoms in total. The van der Waals surface area contributed by atoms with Gasteiger partial charge in [0.2, 0.25) is 0 Å². The van der Waals surface area contributed by atoms with Crippen LogP contribution < -0.4 is 0 Å². The van der Waals surface area contributed by atoms with E-state index in [2.05, 4.69) is 106 Å². The largest absolute Gasteiger partial charge is 0.340 e. The Morgan fingerprint density at radius 2 is 1.18 bits per heavy atom. The van der Waals surface area contributed by atoms with Crippen LogP contribution in [0.15, 0.2) is 84.9 Å². The maximum absolute atomic E-state index is 2.58. The lowest BCUT2D eigenvalue weighted by molar-refractivity contribution is 0.723. The van der Waals surface area contributed by atoms with Gasteiger partial charge in [-0.2, -0.15) is 0 Å². The zero-order chi connectivity index (χ0) is 22.5. The van der Waals surface area contributed by atoms with Crippen LogP contribution in [0.5, 0.6) is 0 Å². The molecule has 34 heavy (non-hydrogen) atoms. The third-order valence-corrected chi connectivity index (χ3v) is 7.62. The molecule has 2 aliphatic rings. The average molecular weight is 441 g/mol. The number of fused-ring (bicyclic) bond motifs is 6. The molecule has 0 unspecified atom stereocenters. The van der Waals surface area contributed by atoms with Gasteiger partial charge in [0.05, 0.1) is 0 Å². The van der Waals surface area contributed by atoms with Gasteiger partial charge >= 0.3 is 0 Å². The third kappa shape index (κ3) is 3.09. The van der Waals surface area contributed by atoms with E-state index in [1.165, 1.54) is 56.3 Å². The number of allylic oxidation sites excluding steroid dienone is 2. The van der Waals surface area contributed by atoms with Crippen molar-refractivity contribution in [3.8, 4) is 0 Å². The first-order valence-corrected chi connectivity index (χ1v) is 12.5. The molecule has 0 saturated heterocycles. The molecule has 0 fully saturated rings. The summed E-state index contributed by atoms with van der Waals surface area (Å²) in [7, 11) is 0. The summed E-state index contributed by atoms with van der Waals surface area (Å²) in [4.78, 5) is 0. The van der Waals surface area contributed by atoms with E-state index < -0.39 is 0 Å². The summed E-state index contributed by atoms with van der Waals surface area (Å²) in [5.41, 5.74) is 11.3. The minimum absolute atomic E-state index is 0.885. The summed E-state index contributed by atoms with van der Waals surface area (Å²) >= 11 is 0. The van der Waals surface area contributed by atoms with Crippen molar-refractivity contribution in [3.05, 3.63) is 119 Å². The topological polar surface area (TPSA) is 9.86 Å². The van der Waals surface area contributed by atoms with E-state index in [1.54, 1.807) is 5.56 Å². The Morgan fingerprint density at radius 1 is 0.588 bits per heavy atom. The Hall–Kier alpha value is -3.78. The van der Waals surface area contributed by atoms with Gasteiger partial charge in [0.1, 0.15) is 0 Å². The molecular weight excluding hydrogens is 412 g/mol. The highest BCUT2D eigenvalue weighted by Gasteiger charge is 2.22. The van der Waals surface area contributed by atoms with Crippen LogP contribution in [-0.2, 0) is 25.9 Å². The molecule has 5 aromatic rings. The third-order valence-electron chi connectivity index (χ3n) is 7.62. The molecule has 0 radical (unpaired) electrons. The maximum atomic E-state index is 2.58. The highest BCUT2D eigenvalue weighted by atomic mass is 15.0. The molecule has 0 aliphatic heterocycles. The Bertz CT molecular complexity index is 1530. The molecule has 0 atom stereocenters. The van der Waals surface area contributed by atoms with Gasteiger partial charge in [0.15, 0.2) is 0 Å².